The van der Waals surface area contributed by atoms with Crippen LogP contribution in [0.3, 0.4) is 0 Å². The van der Waals surface area contributed by atoms with E-state index < -0.39 is 0 Å². The molecular weight excluding hydrogens is 340 g/mol. The molecule has 0 bridgehead atoms. The average molecular weight is 358 g/mol. The lowest BCUT2D eigenvalue weighted by molar-refractivity contribution is 0.0234. The maximum atomic E-state index is 12.5. The second kappa shape index (κ2) is 9.13. The Morgan fingerprint density at radius 3 is 2.67 bits per heavy atom. The number of nitrogens with zero attached hydrogens (tertiary/aromatic N) is 2. The molecule has 0 saturated carbocycles. The minimum absolute atomic E-state index is 0.174. The Balaban J connectivity index is 1.58. The van der Waals surface area contributed by atoms with E-state index in [9.17, 15) is 4.79 Å². The Bertz CT molecular complexity index is 952. The summed E-state index contributed by atoms with van der Waals surface area (Å²) in [4.78, 5) is 21.7. The quantitative estimate of drug-likeness (QED) is 0.632. The lowest BCUT2D eigenvalue weighted by Crippen LogP contribution is -2.24. The number of rotatable bonds is 7. The van der Waals surface area contributed by atoms with Gasteiger partial charge in [-0.05, 0) is 47.5 Å². The van der Waals surface area contributed by atoms with E-state index in [2.05, 4.69) is 21.9 Å². The molecule has 27 heavy (non-hydrogen) atoms. The standard InChI is InChI=1S/C21H18N4O2/c22-13-17-4-3-5-18(12-17)15-27-25-21(26)19-6-1-2-7-20(19)24-14-16-8-10-23-11-9-16/h1-12,24H,14-15H2,(H,25,26). The van der Waals surface area contributed by atoms with Crippen molar-refractivity contribution in [3.63, 3.8) is 0 Å². The SMILES string of the molecule is N#Cc1cccc(CONC(=O)c2ccccc2NCc2ccncc2)c1. The number of hydrogen-bond donors (Lipinski definition) is 2. The molecule has 0 spiro atoms. The monoisotopic (exact) mass is 358 g/mol. The second-order valence-corrected chi connectivity index (χ2v) is 5.79. The van der Waals surface area contributed by atoms with E-state index in [1.165, 1.54) is 0 Å². The number of aromatic nitrogens is 1. The van der Waals surface area contributed by atoms with Crippen molar-refractivity contribution < 1.29 is 9.63 Å². The zero-order valence-electron chi connectivity index (χ0n) is 14.6. The highest BCUT2D eigenvalue weighted by Crippen LogP contribution is 2.16. The normalized spacial score (nSPS) is 10.0. The van der Waals surface area contributed by atoms with Gasteiger partial charge >= 0.3 is 0 Å². The maximum absolute atomic E-state index is 12.5. The fourth-order valence-corrected chi connectivity index (χ4v) is 2.50. The molecule has 0 fully saturated rings. The largest absolute Gasteiger partial charge is 0.380 e. The summed E-state index contributed by atoms with van der Waals surface area (Å²) in [5.74, 6) is -0.343. The summed E-state index contributed by atoms with van der Waals surface area (Å²) in [5.41, 5.74) is 6.06. The Morgan fingerprint density at radius 2 is 1.85 bits per heavy atom. The van der Waals surface area contributed by atoms with Gasteiger partial charge in [0.15, 0.2) is 0 Å². The molecule has 0 aliphatic carbocycles. The van der Waals surface area contributed by atoms with Gasteiger partial charge in [0.2, 0.25) is 0 Å². The van der Waals surface area contributed by atoms with Gasteiger partial charge in [-0.3, -0.25) is 14.6 Å². The summed E-state index contributed by atoms with van der Waals surface area (Å²) >= 11 is 0. The van der Waals surface area contributed by atoms with Gasteiger partial charge < -0.3 is 5.32 Å². The third-order valence-corrected chi connectivity index (χ3v) is 3.86. The first-order valence-electron chi connectivity index (χ1n) is 8.39. The van der Waals surface area contributed by atoms with Crippen molar-refractivity contribution in [2.75, 3.05) is 5.32 Å². The van der Waals surface area contributed by atoms with Crippen molar-refractivity contribution in [1.29, 1.82) is 5.26 Å². The van der Waals surface area contributed by atoms with Gasteiger partial charge in [-0.15, -0.1) is 0 Å². The number of nitriles is 1. The molecule has 0 saturated heterocycles. The highest BCUT2D eigenvalue weighted by Gasteiger charge is 2.11. The number of pyridine rings is 1. The van der Waals surface area contributed by atoms with Crippen molar-refractivity contribution >= 4 is 11.6 Å². The Hall–Kier alpha value is -3.69. The first-order chi connectivity index (χ1) is 13.3. The number of nitrogens with one attached hydrogen (secondary N) is 2. The van der Waals surface area contributed by atoms with Crippen LogP contribution in [0.1, 0.15) is 27.0 Å². The van der Waals surface area contributed by atoms with Gasteiger partial charge in [0.25, 0.3) is 5.91 Å². The summed E-state index contributed by atoms with van der Waals surface area (Å²) in [6.07, 6.45) is 3.45. The van der Waals surface area contributed by atoms with Crippen LogP contribution in [0.2, 0.25) is 0 Å². The number of carbonyl (C=O) groups is 1. The third-order valence-electron chi connectivity index (χ3n) is 3.86. The molecule has 0 unspecified atom stereocenters. The number of carbonyl (C=O) groups excluding carboxylic acids is 1. The van der Waals surface area contributed by atoms with E-state index in [0.29, 0.717) is 23.4 Å². The molecular formula is C21H18N4O2. The van der Waals surface area contributed by atoms with E-state index in [1.807, 2.05) is 30.3 Å². The average Bonchev–Trinajstić information content (AvgIpc) is 2.73. The molecule has 0 atom stereocenters. The van der Waals surface area contributed by atoms with Crippen LogP contribution in [0.4, 0.5) is 5.69 Å². The lowest BCUT2D eigenvalue weighted by atomic mass is 10.1. The molecule has 0 aliphatic rings. The van der Waals surface area contributed by atoms with E-state index in [4.69, 9.17) is 10.1 Å². The zero-order valence-corrected chi connectivity index (χ0v) is 14.6. The van der Waals surface area contributed by atoms with Crippen molar-refractivity contribution in [2.45, 2.75) is 13.2 Å². The van der Waals surface area contributed by atoms with Crippen LogP contribution in [-0.4, -0.2) is 10.9 Å². The summed E-state index contributed by atoms with van der Waals surface area (Å²) in [6, 6.07) is 20.2. The van der Waals surface area contributed by atoms with Crippen LogP contribution < -0.4 is 10.8 Å². The molecule has 3 aromatic rings. The van der Waals surface area contributed by atoms with E-state index in [1.54, 1.807) is 42.7 Å². The van der Waals surface area contributed by atoms with Crippen LogP contribution >= 0.6 is 0 Å². The highest BCUT2D eigenvalue weighted by atomic mass is 16.6. The van der Waals surface area contributed by atoms with Crippen LogP contribution in [0.5, 0.6) is 0 Å². The number of para-hydroxylation sites is 1. The molecule has 6 heteroatoms. The van der Waals surface area contributed by atoms with E-state index >= 15 is 0 Å². The van der Waals surface area contributed by atoms with Crippen molar-refractivity contribution in [2.24, 2.45) is 0 Å². The van der Waals surface area contributed by atoms with Gasteiger partial charge in [-0.1, -0.05) is 24.3 Å². The maximum Gasteiger partial charge on any atom is 0.276 e. The minimum atomic E-state index is -0.343. The Morgan fingerprint density at radius 1 is 1.04 bits per heavy atom. The van der Waals surface area contributed by atoms with Crippen LogP contribution in [-0.2, 0) is 18.0 Å². The Kier molecular flexibility index (Phi) is 6.13. The van der Waals surface area contributed by atoms with Crippen LogP contribution in [0, 0.1) is 11.3 Å². The molecule has 1 amide bonds. The number of hydroxylamine groups is 1. The molecule has 6 nitrogen and oxygen atoms in total. The summed E-state index contributed by atoms with van der Waals surface area (Å²) < 4.78 is 0. The second-order valence-electron chi connectivity index (χ2n) is 5.79. The summed E-state index contributed by atoms with van der Waals surface area (Å²) in [5, 5.41) is 12.2. The van der Waals surface area contributed by atoms with E-state index in [0.717, 1.165) is 11.1 Å². The Labute approximate surface area is 157 Å². The molecule has 1 aromatic heterocycles. The number of benzene rings is 2. The van der Waals surface area contributed by atoms with Crippen LogP contribution in [0.25, 0.3) is 0 Å². The molecule has 0 radical (unpaired) electrons. The first kappa shape index (κ1) is 18.1. The van der Waals surface area contributed by atoms with Gasteiger partial charge in [-0.25, -0.2) is 5.48 Å². The fourth-order valence-electron chi connectivity index (χ4n) is 2.50. The smallest absolute Gasteiger partial charge is 0.276 e. The molecule has 2 aromatic carbocycles. The molecule has 0 aliphatic heterocycles. The zero-order chi connectivity index (χ0) is 18.9. The number of anilines is 1. The summed E-state index contributed by atoms with van der Waals surface area (Å²) in [6.45, 7) is 0.752. The number of amides is 1. The van der Waals surface area contributed by atoms with Crippen molar-refractivity contribution in [1.82, 2.24) is 10.5 Å². The van der Waals surface area contributed by atoms with Crippen molar-refractivity contribution in [3.05, 3.63) is 95.3 Å². The van der Waals surface area contributed by atoms with Crippen LogP contribution in [0.15, 0.2) is 73.1 Å². The topological polar surface area (TPSA) is 87.0 Å². The highest BCUT2D eigenvalue weighted by molar-refractivity contribution is 5.98. The molecule has 2 N–H and O–H groups in total. The van der Waals surface area contributed by atoms with Gasteiger partial charge in [0.05, 0.1) is 23.8 Å². The van der Waals surface area contributed by atoms with Gasteiger partial charge in [0.1, 0.15) is 0 Å². The summed E-state index contributed by atoms with van der Waals surface area (Å²) in [7, 11) is 0. The first-order valence-corrected chi connectivity index (χ1v) is 8.39. The predicted molar refractivity (Wildman–Crippen MR) is 101 cm³/mol. The van der Waals surface area contributed by atoms with E-state index in [-0.39, 0.29) is 12.5 Å². The van der Waals surface area contributed by atoms with Gasteiger partial charge in [0, 0.05) is 24.6 Å². The van der Waals surface area contributed by atoms with Gasteiger partial charge in [-0.2, -0.15) is 5.26 Å². The predicted octanol–water partition coefficient (Wildman–Crippen LogP) is 3.43. The molecule has 3 rings (SSSR count). The third kappa shape index (κ3) is 5.14. The molecule has 134 valence electrons. The minimum Gasteiger partial charge on any atom is -0.380 e. The lowest BCUT2D eigenvalue weighted by Gasteiger charge is -2.12. The molecule has 1 heterocycles. The fraction of sp³-hybridized carbons (Fsp3) is 0.0952. The number of hydrogen-bond acceptors (Lipinski definition) is 5. The van der Waals surface area contributed by atoms with Crippen molar-refractivity contribution in [3.8, 4) is 6.07 Å².